The Bertz CT molecular complexity index is 820. The summed E-state index contributed by atoms with van der Waals surface area (Å²) in [6.45, 7) is 3.51. The number of aromatic nitrogens is 1. The van der Waals surface area contributed by atoms with E-state index in [0.29, 0.717) is 5.56 Å². The Labute approximate surface area is 136 Å². The fourth-order valence-electron chi connectivity index (χ4n) is 2.48. The zero-order valence-electron chi connectivity index (χ0n) is 12.0. The number of hydrogen-bond acceptors (Lipinski definition) is 6. The van der Waals surface area contributed by atoms with Gasteiger partial charge in [0.15, 0.2) is 5.13 Å². The summed E-state index contributed by atoms with van der Waals surface area (Å²) in [5, 5.41) is 4.70. The maximum atomic E-state index is 11.9. The highest BCUT2D eigenvalue weighted by molar-refractivity contribution is 7.22. The molecule has 0 spiro atoms. The lowest BCUT2D eigenvalue weighted by Gasteiger charge is -2.38. The van der Waals surface area contributed by atoms with Gasteiger partial charge in [0.05, 0.1) is 28.9 Å². The average Bonchev–Trinajstić information content (AvgIpc) is 3.11. The number of aryl methyl sites for hydroxylation is 1. The minimum Gasteiger partial charge on any atom is -0.455 e. The molecule has 2 aromatic heterocycles. The van der Waals surface area contributed by atoms with Crippen molar-refractivity contribution in [2.24, 2.45) is 0 Å². The summed E-state index contributed by atoms with van der Waals surface area (Å²) >= 11 is 3.19. The number of esters is 1. The molecule has 22 heavy (non-hydrogen) atoms. The number of hydrogen-bond donors (Lipinski definition) is 0. The number of fused-ring (bicyclic) bond motifs is 1. The molecule has 112 valence electrons. The van der Waals surface area contributed by atoms with E-state index in [1.165, 1.54) is 21.6 Å². The van der Waals surface area contributed by atoms with Crippen LogP contribution in [0.5, 0.6) is 0 Å². The van der Waals surface area contributed by atoms with Crippen LogP contribution in [0.15, 0.2) is 35.0 Å². The standard InChI is InChI=1S/C16H14N2O2S2/c1-10-3-2-4-13-14(10)17-16(22-13)18-7-12(8-18)20-15(19)11-5-6-21-9-11/h2-6,9,12H,7-8H2,1H3. The lowest BCUT2D eigenvalue weighted by atomic mass is 10.2. The van der Waals surface area contributed by atoms with E-state index < -0.39 is 0 Å². The van der Waals surface area contributed by atoms with E-state index in [4.69, 9.17) is 9.72 Å². The first-order valence-electron chi connectivity index (χ1n) is 7.05. The van der Waals surface area contributed by atoms with Crippen molar-refractivity contribution in [2.75, 3.05) is 18.0 Å². The van der Waals surface area contributed by atoms with Crippen molar-refractivity contribution in [3.05, 3.63) is 46.2 Å². The van der Waals surface area contributed by atoms with Crippen LogP contribution in [0.25, 0.3) is 10.2 Å². The van der Waals surface area contributed by atoms with Crippen LogP contribution >= 0.6 is 22.7 Å². The average molecular weight is 330 g/mol. The number of carbonyl (C=O) groups is 1. The molecule has 0 atom stereocenters. The number of nitrogens with zero attached hydrogens (tertiary/aromatic N) is 2. The van der Waals surface area contributed by atoms with E-state index in [0.717, 1.165) is 23.7 Å². The van der Waals surface area contributed by atoms with Gasteiger partial charge < -0.3 is 9.64 Å². The van der Waals surface area contributed by atoms with Crippen LogP contribution in [0.1, 0.15) is 15.9 Å². The molecule has 0 radical (unpaired) electrons. The number of thiophene rings is 1. The number of anilines is 1. The van der Waals surface area contributed by atoms with E-state index in [1.807, 2.05) is 10.8 Å². The second-order valence-electron chi connectivity index (χ2n) is 5.36. The molecule has 0 N–H and O–H groups in total. The maximum Gasteiger partial charge on any atom is 0.339 e. The third-order valence-electron chi connectivity index (χ3n) is 3.76. The molecule has 1 aliphatic heterocycles. The summed E-state index contributed by atoms with van der Waals surface area (Å²) in [6.07, 6.45) is -0.0412. The Hall–Kier alpha value is -1.92. The van der Waals surface area contributed by atoms with Crippen molar-refractivity contribution < 1.29 is 9.53 Å². The van der Waals surface area contributed by atoms with Crippen molar-refractivity contribution in [3.63, 3.8) is 0 Å². The van der Waals surface area contributed by atoms with Crippen LogP contribution in [0, 0.1) is 6.92 Å². The molecule has 0 amide bonds. The van der Waals surface area contributed by atoms with Gasteiger partial charge in [-0.25, -0.2) is 9.78 Å². The van der Waals surface area contributed by atoms with Crippen LogP contribution < -0.4 is 4.90 Å². The highest BCUT2D eigenvalue weighted by atomic mass is 32.1. The van der Waals surface area contributed by atoms with E-state index >= 15 is 0 Å². The molecule has 0 unspecified atom stereocenters. The van der Waals surface area contributed by atoms with Crippen molar-refractivity contribution in [2.45, 2.75) is 13.0 Å². The largest absolute Gasteiger partial charge is 0.455 e. The summed E-state index contributed by atoms with van der Waals surface area (Å²) in [7, 11) is 0. The van der Waals surface area contributed by atoms with E-state index in [2.05, 4.69) is 30.0 Å². The van der Waals surface area contributed by atoms with E-state index in [-0.39, 0.29) is 12.1 Å². The second-order valence-corrected chi connectivity index (χ2v) is 7.15. The molecule has 0 aliphatic carbocycles. The van der Waals surface area contributed by atoms with Crippen molar-refractivity contribution in [1.82, 2.24) is 4.98 Å². The summed E-state index contributed by atoms with van der Waals surface area (Å²) in [5.74, 6) is -0.231. The van der Waals surface area contributed by atoms with Gasteiger partial charge in [0.1, 0.15) is 6.10 Å². The molecule has 3 aromatic rings. The number of rotatable bonds is 3. The van der Waals surface area contributed by atoms with Gasteiger partial charge in [0, 0.05) is 5.38 Å². The first-order valence-corrected chi connectivity index (χ1v) is 8.81. The smallest absolute Gasteiger partial charge is 0.339 e. The van der Waals surface area contributed by atoms with E-state index in [9.17, 15) is 4.79 Å². The molecular formula is C16H14N2O2S2. The maximum absolute atomic E-state index is 11.9. The predicted molar refractivity (Wildman–Crippen MR) is 90.1 cm³/mol. The zero-order chi connectivity index (χ0) is 15.1. The third kappa shape index (κ3) is 2.38. The SMILES string of the molecule is Cc1cccc2sc(N3CC(OC(=O)c4ccsc4)C3)nc12. The fraction of sp³-hybridized carbons (Fsp3) is 0.250. The Morgan fingerprint density at radius 2 is 2.23 bits per heavy atom. The summed E-state index contributed by atoms with van der Waals surface area (Å²) in [5.41, 5.74) is 2.90. The molecule has 0 bridgehead atoms. The predicted octanol–water partition coefficient (Wildman–Crippen LogP) is 3.71. The third-order valence-corrected chi connectivity index (χ3v) is 5.52. The van der Waals surface area contributed by atoms with Crippen LogP contribution in [-0.2, 0) is 4.74 Å². The summed E-state index contributed by atoms with van der Waals surface area (Å²) in [4.78, 5) is 18.8. The Morgan fingerprint density at radius 1 is 1.36 bits per heavy atom. The molecule has 6 heteroatoms. The second kappa shape index (κ2) is 5.37. The van der Waals surface area contributed by atoms with Gasteiger partial charge in [-0.15, -0.1) is 0 Å². The molecule has 1 saturated heterocycles. The quantitative estimate of drug-likeness (QED) is 0.687. The first-order chi connectivity index (χ1) is 10.7. The van der Waals surface area contributed by atoms with Crippen LogP contribution in [0.4, 0.5) is 5.13 Å². The number of ether oxygens (including phenoxy) is 1. The van der Waals surface area contributed by atoms with Gasteiger partial charge in [0.25, 0.3) is 0 Å². The Balaban J connectivity index is 1.42. The lowest BCUT2D eigenvalue weighted by molar-refractivity contribution is 0.0235. The molecule has 1 aromatic carbocycles. The fourth-order valence-corrected chi connectivity index (χ4v) is 4.17. The van der Waals surface area contributed by atoms with Gasteiger partial charge in [-0.2, -0.15) is 11.3 Å². The van der Waals surface area contributed by atoms with Gasteiger partial charge in [-0.1, -0.05) is 23.5 Å². The van der Waals surface area contributed by atoms with Crippen molar-refractivity contribution >= 4 is 44.0 Å². The topological polar surface area (TPSA) is 42.4 Å². The number of benzene rings is 1. The van der Waals surface area contributed by atoms with Gasteiger partial charge in [-0.3, -0.25) is 0 Å². The molecule has 4 rings (SSSR count). The van der Waals surface area contributed by atoms with Crippen LogP contribution in [0.3, 0.4) is 0 Å². The summed E-state index contributed by atoms with van der Waals surface area (Å²) in [6, 6.07) is 8.02. The summed E-state index contributed by atoms with van der Waals surface area (Å²) < 4.78 is 6.69. The number of carbonyl (C=O) groups excluding carboxylic acids is 1. The van der Waals surface area contributed by atoms with Gasteiger partial charge in [0.2, 0.25) is 0 Å². The van der Waals surface area contributed by atoms with Gasteiger partial charge in [-0.05, 0) is 30.0 Å². The lowest BCUT2D eigenvalue weighted by Crippen LogP contribution is -2.53. The molecule has 1 aliphatic rings. The molecule has 1 fully saturated rings. The number of para-hydroxylation sites is 1. The van der Waals surface area contributed by atoms with Crippen molar-refractivity contribution in [3.8, 4) is 0 Å². The van der Waals surface area contributed by atoms with Crippen LogP contribution in [-0.4, -0.2) is 30.1 Å². The van der Waals surface area contributed by atoms with Crippen molar-refractivity contribution in [1.29, 1.82) is 0 Å². The molecular weight excluding hydrogens is 316 g/mol. The minimum absolute atomic E-state index is 0.0412. The van der Waals surface area contributed by atoms with Gasteiger partial charge >= 0.3 is 5.97 Å². The number of thiazole rings is 1. The molecule has 0 saturated carbocycles. The van der Waals surface area contributed by atoms with Crippen LogP contribution in [0.2, 0.25) is 0 Å². The normalized spacial score (nSPS) is 15.0. The Morgan fingerprint density at radius 3 is 2.95 bits per heavy atom. The highest BCUT2D eigenvalue weighted by Crippen LogP contribution is 2.33. The monoisotopic (exact) mass is 330 g/mol. The Kier molecular flexibility index (Phi) is 3.35. The van der Waals surface area contributed by atoms with E-state index in [1.54, 1.807) is 17.4 Å². The molecule has 3 heterocycles. The highest BCUT2D eigenvalue weighted by Gasteiger charge is 2.32. The minimum atomic E-state index is -0.231. The first kappa shape index (κ1) is 13.7. The zero-order valence-corrected chi connectivity index (χ0v) is 13.6. The molecule has 4 nitrogen and oxygen atoms in total.